The molecule has 1 rings (SSSR count). The zero-order valence-corrected chi connectivity index (χ0v) is 13.5. The van der Waals surface area contributed by atoms with Crippen LogP contribution in [0.2, 0.25) is 0 Å². The van der Waals surface area contributed by atoms with E-state index in [1.54, 1.807) is 6.07 Å². The highest BCUT2D eigenvalue weighted by atomic mass is 19.1. The van der Waals surface area contributed by atoms with Crippen molar-refractivity contribution in [2.45, 2.75) is 39.0 Å². The molecule has 0 aliphatic heterocycles. The molecule has 1 aromatic rings. The number of rotatable bonds is 5. The molecule has 1 aromatic carbocycles. The number of carbonyl (C=O) groups excluding carboxylic acids is 1. The highest BCUT2D eigenvalue weighted by Gasteiger charge is 2.25. The van der Waals surface area contributed by atoms with Gasteiger partial charge in [0.25, 0.3) is 0 Å². The van der Waals surface area contributed by atoms with Crippen LogP contribution in [0.5, 0.6) is 11.5 Å². The first kappa shape index (κ1) is 17.8. The Kier molecular flexibility index (Phi) is 6.24. The lowest BCUT2D eigenvalue weighted by molar-refractivity contribution is 0.199. The van der Waals surface area contributed by atoms with E-state index in [1.807, 2.05) is 20.8 Å². The van der Waals surface area contributed by atoms with Gasteiger partial charge in [0, 0.05) is 19.0 Å². The summed E-state index contributed by atoms with van der Waals surface area (Å²) in [6.07, 6.45) is 5.63. The van der Waals surface area contributed by atoms with Gasteiger partial charge in [-0.1, -0.05) is 26.8 Å². The Balaban J connectivity index is 3.12. The van der Waals surface area contributed by atoms with Gasteiger partial charge < -0.3 is 14.8 Å². The van der Waals surface area contributed by atoms with Crippen molar-refractivity contribution in [3.8, 4) is 23.8 Å². The number of benzene rings is 1. The molecule has 1 N–H and O–H groups in total. The quantitative estimate of drug-likeness (QED) is 0.667. The third kappa shape index (κ3) is 4.66. The van der Waals surface area contributed by atoms with Crippen molar-refractivity contribution in [2.24, 2.45) is 0 Å². The van der Waals surface area contributed by atoms with Gasteiger partial charge in [0.1, 0.15) is 0 Å². The van der Waals surface area contributed by atoms with Crippen molar-refractivity contribution in [1.29, 1.82) is 0 Å². The molecule has 0 saturated carbocycles. The number of nitrogens with one attached hydrogen (secondary N) is 1. The van der Waals surface area contributed by atoms with Crippen LogP contribution in [-0.2, 0) is 5.41 Å². The minimum absolute atomic E-state index is 0.103. The van der Waals surface area contributed by atoms with Gasteiger partial charge in [0.15, 0.2) is 11.5 Å². The van der Waals surface area contributed by atoms with E-state index < -0.39 is 11.9 Å². The van der Waals surface area contributed by atoms with Crippen LogP contribution >= 0.6 is 0 Å². The maximum absolute atomic E-state index is 14.6. The topological polar surface area (TPSA) is 47.6 Å². The molecule has 0 bridgehead atoms. The fourth-order valence-corrected chi connectivity index (χ4v) is 1.85. The van der Waals surface area contributed by atoms with Gasteiger partial charge in [-0.25, -0.2) is 4.79 Å². The number of carbonyl (C=O) groups is 1. The summed E-state index contributed by atoms with van der Waals surface area (Å²) in [5, 5.41) is 2.27. The Morgan fingerprint density at radius 3 is 2.64 bits per heavy atom. The molecule has 0 aliphatic carbocycles. The van der Waals surface area contributed by atoms with Crippen LogP contribution in [0.25, 0.3) is 0 Å². The first-order valence-electron chi connectivity index (χ1n) is 7.10. The van der Waals surface area contributed by atoms with E-state index in [9.17, 15) is 9.18 Å². The first-order valence-corrected chi connectivity index (χ1v) is 7.10. The van der Waals surface area contributed by atoms with Crippen LogP contribution in [0, 0.1) is 18.2 Å². The minimum atomic E-state index is -0.735. The largest absolute Gasteiger partial charge is 0.490 e. The summed E-state index contributed by atoms with van der Waals surface area (Å²) in [6.45, 7) is 6.16. The predicted molar refractivity (Wildman–Crippen MR) is 83.7 cm³/mol. The van der Waals surface area contributed by atoms with Crippen molar-refractivity contribution in [3.05, 3.63) is 23.5 Å². The number of unbranched alkanes of at least 4 members (excludes halogenated alkanes) is 1. The van der Waals surface area contributed by atoms with Gasteiger partial charge in [-0.15, -0.1) is 12.3 Å². The monoisotopic (exact) mass is 307 g/mol. The summed E-state index contributed by atoms with van der Waals surface area (Å²) in [4.78, 5) is 11.3. The van der Waals surface area contributed by atoms with Crippen LogP contribution in [0.1, 0.15) is 39.2 Å². The van der Waals surface area contributed by atoms with E-state index in [2.05, 4.69) is 11.2 Å². The van der Waals surface area contributed by atoms with Crippen LogP contribution in [0.3, 0.4) is 0 Å². The first-order chi connectivity index (χ1) is 10.3. The van der Waals surface area contributed by atoms with E-state index >= 15 is 0 Å². The second kappa shape index (κ2) is 7.69. The number of ether oxygens (including phenoxy) is 2. The Bertz CT molecular complexity index is 570. The molecule has 0 atom stereocenters. The summed E-state index contributed by atoms with van der Waals surface area (Å²) >= 11 is 0. The van der Waals surface area contributed by atoms with Gasteiger partial charge in [-0.3, -0.25) is 0 Å². The number of halogens is 1. The molecular formula is C17H22FNO3. The third-order valence-electron chi connectivity index (χ3n) is 2.99. The van der Waals surface area contributed by atoms with Gasteiger partial charge >= 0.3 is 6.09 Å². The zero-order chi connectivity index (χ0) is 16.8. The number of amides is 1. The lowest BCUT2D eigenvalue weighted by atomic mass is 9.86. The summed E-state index contributed by atoms with van der Waals surface area (Å²) in [5.41, 5.74) is 0.392. The van der Waals surface area contributed by atoms with Crippen molar-refractivity contribution in [1.82, 2.24) is 5.32 Å². The van der Waals surface area contributed by atoms with Crippen LogP contribution < -0.4 is 14.8 Å². The molecule has 0 aliphatic rings. The van der Waals surface area contributed by atoms with Crippen molar-refractivity contribution in [3.63, 3.8) is 0 Å². The molecule has 0 unspecified atom stereocenters. The normalized spacial score (nSPS) is 10.7. The van der Waals surface area contributed by atoms with Crippen molar-refractivity contribution >= 4 is 6.09 Å². The molecule has 1 amide bonds. The fraction of sp³-hybridized carbons (Fsp3) is 0.471. The average Bonchev–Trinajstić information content (AvgIpc) is 2.45. The summed E-state index contributed by atoms with van der Waals surface area (Å²) in [5.74, 6) is 1.76. The van der Waals surface area contributed by atoms with E-state index in [4.69, 9.17) is 15.9 Å². The summed E-state index contributed by atoms with van der Waals surface area (Å²) < 4.78 is 25.1. The molecule has 0 spiro atoms. The van der Waals surface area contributed by atoms with Crippen molar-refractivity contribution < 1.29 is 18.7 Å². The molecule has 4 nitrogen and oxygen atoms in total. The Hall–Kier alpha value is -2.22. The van der Waals surface area contributed by atoms with E-state index in [0.29, 0.717) is 25.0 Å². The predicted octanol–water partition coefficient (Wildman–Crippen LogP) is 3.63. The molecule has 22 heavy (non-hydrogen) atoms. The SMILES string of the molecule is C#CCCCOc1c(C(C)(C)C)ccc(OC(=O)NC)c1F. The summed E-state index contributed by atoms with van der Waals surface area (Å²) in [6, 6.07) is 3.14. The van der Waals surface area contributed by atoms with E-state index in [1.165, 1.54) is 13.1 Å². The van der Waals surface area contributed by atoms with Crippen LogP contribution in [0.4, 0.5) is 9.18 Å². The molecule has 0 fully saturated rings. The average molecular weight is 307 g/mol. The van der Waals surface area contributed by atoms with Gasteiger partial charge in [-0.2, -0.15) is 4.39 Å². The highest BCUT2D eigenvalue weighted by molar-refractivity contribution is 5.70. The molecule has 0 heterocycles. The number of hydrogen-bond donors (Lipinski definition) is 1. The zero-order valence-electron chi connectivity index (χ0n) is 13.5. The smallest absolute Gasteiger partial charge is 0.412 e. The fourth-order valence-electron chi connectivity index (χ4n) is 1.85. The molecule has 0 aromatic heterocycles. The number of terminal acetylenes is 1. The molecule has 5 heteroatoms. The van der Waals surface area contributed by atoms with E-state index in [-0.39, 0.29) is 16.9 Å². The van der Waals surface area contributed by atoms with E-state index in [0.717, 1.165) is 0 Å². The third-order valence-corrected chi connectivity index (χ3v) is 2.99. The Labute approximate surface area is 131 Å². The summed E-state index contributed by atoms with van der Waals surface area (Å²) in [7, 11) is 1.40. The standard InChI is InChI=1S/C17H22FNO3/c1-6-7-8-11-21-15-12(17(2,3)4)9-10-13(14(15)18)22-16(20)19-5/h1,9-10H,7-8,11H2,2-5H3,(H,19,20). The molecule has 120 valence electrons. The van der Waals surface area contributed by atoms with Gasteiger partial charge in [-0.05, 0) is 17.9 Å². The Morgan fingerprint density at radius 2 is 2.09 bits per heavy atom. The van der Waals surface area contributed by atoms with Gasteiger partial charge in [0.2, 0.25) is 5.82 Å². The molecule has 0 saturated heterocycles. The molecule has 0 radical (unpaired) electrons. The second-order valence-corrected chi connectivity index (χ2v) is 5.80. The Morgan fingerprint density at radius 1 is 1.41 bits per heavy atom. The second-order valence-electron chi connectivity index (χ2n) is 5.80. The molecular weight excluding hydrogens is 285 g/mol. The highest BCUT2D eigenvalue weighted by Crippen LogP contribution is 2.37. The lowest BCUT2D eigenvalue weighted by Gasteiger charge is -2.24. The maximum Gasteiger partial charge on any atom is 0.412 e. The van der Waals surface area contributed by atoms with Crippen LogP contribution in [-0.4, -0.2) is 19.7 Å². The minimum Gasteiger partial charge on any atom is -0.490 e. The lowest BCUT2D eigenvalue weighted by Crippen LogP contribution is -2.23. The van der Waals surface area contributed by atoms with Crippen molar-refractivity contribution in [2.75, 3.05) is 13.7 Å². The number of hydrogen-bond acceptors (Lipinski definition) is 3. The maximum atomic E-state index is 14.6. The van der Waals surface area contributed by atoms with Crippen LogP contribution in [0.15, 0.2) is 12.1 Å². The van der Waals surface area contributed by atoms with Gasteiger partial charge in [0.05, 0.1) is 6.61 Å².